The van der Waals surface area contributed by atoms with Crippen LogP contribution >= 0.6 is 11.3 Å². The van der Waals surface area contributed by atoms with Gasteiger partial charge in [0.25, 0.3) is 0 Å². The number of nitrogens with zero attached hydrogens (tertiary/aromatic N) is 3. The molecule has 0 saturated carbocycles. The van der Waals surface area contributed by atoms with Gasteiger partial charge >= 0.3 is 0 Å². The maximum atomic E-state index is 4.33. The molecule has 0 aromatic carbocycles. The molecule has 6 heteroatoms. The Balaban J connectivity index is 1.60. The maximum Gasteiger partial charge on any atom is 0.137 e. The van der Waals surface area contributed by atoms with E-state index >= 15 is 0 Å². The first-order chi connectivity index (χ1) is 8.38. The Morgan fingerprint density at radius 3 is 3.06 bits per heavy atom. The van der Waals surface area contributed by atoms with E-state index in [1.807, 2.05) is 6.20 Å². The molecule has 0 unspecified atom stereocenters. The van der Waals surface area contributed by atoms with Crippen molar-refractivity contribution in [3.05, 3.63) is 28.2 Å². The standard InChI is InChI=1S/C11H17N5S/c1-2-11-13-7-9(17-11)6-12-5-3-4-10-14-8-15-16-10/h7-8,12H,2-6H2,1H3,(H,14,15,16). The zero-order valence-electron chi connectivity index (χ0n) is 9.94. The van der Waals surface area contributed by atoms with Crippen LogP contribution in [0.15, 0.2) is 12.5 Å². The van der Waals surface area contributed by atoms with Gasteiger partial charge in [0.05, 0.1) is 5.01 Å². The molecule has 0 aliphatic heterocycles. The summed E-state index contributed by atoms with van der Waals surface area (Å²) in [5, 5.41) is 11.3. The van der Waals surface area contributed by atoms with Crippen molar-refractivity contribution in [1.82, 2.24) is 25.5 Å². The topological polar surface area (TPSA) is 66.5 Å². The Labute approximate surface area is 105 Å². The van der Waals surface area contributed by atoms with Gasteiger partial charge in [0.15, 0.2) is 0 Å². The number of aryl methyl sites for hydroxylation is 2. The Kier molecular flexibility index (Phi) is 4.63. The van der Waals surface area contributed by atoms with Crippen LogP contribution in [0.4, 0.5) is 0 Å². The van der Waals surface area contributed by atoms with Crippen LogP contribution in [0.3, 0.4) is 0 Å². The highest BCUT2D eigenvalue weighted by molar-refractivity contribution is 7.11. The van der Waals surface area contributed by atoms with Crippen molar-refractivity contribution in [3.63, 3.8) is 0 Å². The first-order valence-electron chi connectivity index (χ1n) is 5.87. The van der Waals surface area contributed by atoms with Gasteiger partial charge in [-0.15, -0.1) is 11.3 Å². The molecule has 2 aromatic rings. The average Bonchev–Trinajstić information content (AvgIpc) is 2.99. The van der Waals surface area contributed by atoms with Gasteiger partial charge in [-0.05, 0) is 19.4 Å². The summed E-state index contributed by atoms with van der Waals surface area (Å²) in [6, 6.07) is 0. The summed E-state index contributed by atoms with van der Waals surface area (Å²) in [5.41, 5.74) is 0. The quantitative estimate of drug-likeness (QED) is 0.733. The van der Waals surface area contributed by atoms with Crippen LogP contribution in [0, 0.1) is 0 Å². The fourth-order valence-electron chi connectivity index (χ4n) is 1.54. The highest BCUT2D eigenvalue weighted by Crippen LogP contribution is 2.12. The molecule has 0 aliphatic rings. The molecular weight excluding hydrogens is 234 g/mol. The number of hydrogen-bond donors (Lipinski definition) is 2. The van der Waals surface area contributed by atoms with E-state index in [0.29, 0.717) is 0 Å². The van der Waals surface area contributed by atoms with Crippen LogP contribution in [-0.2, 0) is 19.4 Å². The minimum atomic E-state index is 0.911. The Morgan fingerprint density at radius 1 is 1.41 bits per heavy atom. The Morgan fingerprint density at radius 2 is 2.35 bits per heavy atom. The summed E-state index contributed by atoms with van der Waals surface area (Å²) in [7, 11) is 0. The van der Waals surface area contributed by atoms with Crippen molar-refractivity contribution < 1.29 is 0 Å². The lowest BCUT2D eigenvalue weighted by Crippen LogP contribution is -2.14. The number of hydrogen-bond acceptors (Lipinski definition) is 5. The third-order valence-corrected chi connectivity index (χ3v) is 3.58. The molecule has 17 heavy (non-hydrogen) atoms. The van der Waals surface area contributed by atoms with Crippen LogP contribution in [0.25, 0.3) is 0 Å². The van der Waals surface area contributed by atoms with Crippen molar-refractivity contribution in [2.45, 2.75) is 32.7 Å². The van der Waals surface area contributed by atoms with Gasteiger partial charge in [0.1, 0.15) is 12.2 Å². The first-order valence-corrected chi connectivity index (χ1v) is 6.68. The third kappa shape index (κ3) is 3.90. The lowest BCUT2D eigenvalue weighted by atomic mass is 10.3. The lowest BCUT2D eigenvalue weighted by molar-refractivity contribution is 0.643. The second kappa shape index (κ2) is 6.46. The van der Waals surface area contributed by atoms with E-state index in [0.717, 1.165) is 38.2 Å². The van der Waals surface area contributed by atoms with Gasteiger partial charge in [-0.3, -0.25) is 5.10 Å². The largest absolute Gasteiger partial charge is 0.312 e. The van der Waals surface area contributed by atoms with Crippen molar-refractivity contribution in [1.29, 1.82) is 0 Å². The highest BCUT2D eigenvalue weighted by atomic mass is 32.1. The number of aromatic amines is 1. The summed E-state index contributed by atoms with van der Waals surface area (Å²) in [6.07, 6.45) is 6.54. The summed E-state index contributed by atoms with van der Waals surface area (Å²) in [4.78, 5) is 9.72. The monoisotopic (exact) mass is 251 g/mol. The fraction of sp³-hybridized carbons (Fsp3) is 0.545. The molecule has 0 aliphatic carbocycles. The molecule has 0 bridgehead atoms. The maximum absolute atomic E-state index is 4.33. The second-order valence-corrected chi connectivity index (χ2v) is 4.99. The summed E-state index contributed by atoms with van der Waals surface area (Å²) < 4.78 is 0. The Hall–Kier alpha value is -1.27. The summed E-state index contributed by atoms with van der Waals surface area (Å²) >= 11 is 1.79. The van der Waals surface area contributed by atoms with Crippen LogP contribution in [0.5, 0.6) is 0 Å². The van der Waals surface area contributed by atoms with Gasteiger partial charge in [-0.25, -0.2) is 9.97 Å². The summed E-state index contributed by atoms with van der Waals surface area (Å²) in [5.74, 6) is 0.956. The molecule has 0 radical (unpaired) electrons. The number of nitrogens with one attached hydrogen (secondary N) is 2. The molecule has 0 amide bonds. The fourth-order valence-corrected chi connectivity index (χ4v) is 2.37. The number of thiazole rings is 1. The molecule has 5 nitrogen and oxygen atoms in total. The third-order valence-electron chi connectivity index (χ3n) is 2.44. The molecule has 0 spiro atoms. The van der Waals surface area contributed by atoms with Crippen molar-refractivity contribution in [2.75, 3.05) is 6.54 Å². The zero-order chi connectivity index (χ0) is 11.9. The minimum Gasteiger partial charge on any atom is -0.312 e. The smallest absolute Gasteiger partial charge is 0.137 e. The molecule has 2 rings (SSSR count). The van der Waals surface area contributed by atoms with E-state index in [2.05, 4.69) is 32.4 Å². The van der Waals surface area contributed by atoms with Gasteiger partial charge in [0, 0.05) is 24.0 Å². The van der Waals surface area contributed by atoms with Gasteiger partial charge < -0.3 is 5.32 Å². The number of rotatable bonds is 7. The SMILES string of the molecule is CCc1ncc(CNCCCc2ncn[nH]2)s1. The van der Waals surface area contributed by atoms with E-state index in [9.17, 15) is 0 Å². The molecule has 0 atom stereocenters. The van der Waals surface area contributed by atoms with Crippen LogP contribution < -0.4 is 5.32 Å². The molecule has 2 heterocycles. The van der Waals surface area contributed by atoms with Crippen molar-refractivity contribution in [2.24, 2.45) is 0 Å². The zero-order valence-corrected chi connectivity index (χ0v) is 10.8. The van der Waals surface area contributed by atoms with Gasteiger partial charge in [0.2, 0.25) is 0 Å². The lowest BCUT2D eigenvalue weighted by Gasteiger charge is -2.00. The van der Waals surface area contributed by atoms with Crippen LogP contribution in [-0.4, -0.2) is 26.7 Å². The normalized spacial score (nSPS) is 10.9. The summed E-state index contributed by atoms with van der Waals surface area (Å²) in [6.45, 7) is 4.03. The second-order valence-electron chi connectivity index (χ2n) is 3.79. The molecule has 0 fully saturated rings. The van der Waals surface area contributed by atoms with E-state index in [4.69, 9.17) is 0 Å². The Bertz CT molecular complexity index is 423. The predicted octanol–water partition coefficient (Wildman–Crippen LogP) is 1.55. The van der Waals surface area contributed by atoms with E-state index in [-0.39, 0.29) is 0 Å². The minimum absolute atomic E-state index is 0.911. The number of aromatic nitrogens is 4. The first kappa shape index (κ1) is 12.2. The predicted molar refractivity (Wildman–Crippen MR) is 67.9 cm³/mol. The van der Waals surface area contributed by atoms with Crippen LogP contribution in [0.1, 0.15) is 29.1 Å². The van der Waals surface area contributed by atoms with Crippen LogP contribution in [0.2, 0.25) is 0 Å². The van der Waals surface area contributed by atoms with E-state index < -0.39 is 0 Å². The molecule has 92 valence electrons. The molecule has 0 saturated heterocycles. The van der Waals surface area contributed by atoms with E-state index in [1.54, 1.807) is 17.7 Å². The highest BCUT2D eigenvalue weighted by Gasteiger charge is 2.00. The molecular formula is C11H17N5S. The van der Waals surface area contributed by atoms with Crippen molar-refractivity contribution >= 4 is 11.3 Å². The molecule has 2 aromatic heterocycles. The number of H-pyrrole nitrogens is 1. The molecule has 2 N–H and O–H groups in total. The van der Waals surface area contributed by atoms with Gasteiger partial charge in [-0.1, -0.05) is 6.92 Å². The average molecular weight is 251 g/mol. The van der Waals surface area contributed by atoms with Gasteiger partial charge in [-0.2, -0.15) is 5.10 Å². The van der Waals surface area contributed by atoms with E-state index in [1.165, 1.54) is 9.88 Å². The van der Waals surface area contributed by atoms with Crippen molar-refractivity contribution in [3.8, 4) is 0 Å².